The Morgan fingerprint density at radius 3 is 2.77 bits per heavy atom. The molecule has 2 aromatic carbocycles. The fraction of sp³-hybridized carbons (Fsp3) is 0.360. The van der Waals surface area contributed by atoms with Gasteiger partial charge in [-0.05, 0) is 43.5 Å². The summed E-state index contributed by atoms with van der Waals surface area (Å²) >= 11 is 0. The second-order valence-corrected chi connectivity index (χ2v) is 7.73. The number of ketones is 1. The Morgan fingerprint density at radius 2 is 1.97 bits per heavy atom. The Balaban J connectivity index is 1.44. The van der Waals surface area contributed by atoms with Gasteiger partial charge in [0.2, 0.25) is 5.78 Å². The Bertz CT molecular complexity index is 969. The van der Waals surface area contributed by atoms with Crippen molar-refractivity contribution in [2.45, 2.75) is 45.4 Å². The van der Waals surface area contributed by atoms with Crippen LogP contribution in [-0.4, -0.2) is 18.4 Å². The highest BCUT2D eigenvalue weighted by Gasteiger charge is 2.28. The van der Waals surface area contributed by atoms with Crippen LogP contribution in [-0.2, 0) is 4.79 Å². The summed E-state index contributed by atoms with van der Waals surface area (Å²) in [6.07, 6.45) is 7.93. The van der Waals surface area contributed by atoms with Crippen LogP contribution in [0.4, 0.5) is 0 Å². The minimum atomic E-state index is -0.243. The maximum absolute atomic E-state index is 12.7. The molecule has 156 valence electrons. The number of rotatable bonds is 7. The van der Waals surface area contributed by atoms with Gasteiger partial charge in [-0.1, -0.05) is 43.9 Å². The number of allylic oxidation sites excluding steroid dienone is 1. The van der Waals surface area contributed by atoms with E-state index >= 15 is 0 Å². The van der Waals surface area contributed by atoms with E-state index in [1.165, 1.54) is 25.7 Å². The molecule has 0 N–H and O–H groups in total. The predicted molar refractivity (Wildman–Crippen MR) is 114 cm³/mol. The second kappa shape index (κ2) is 9.16. The van der Waals surface area contributed by atoms with Gasteiger partial charge in [-0.15, -0.1) is 0 Å². The molecule has 4 rings (SSSR count). The lowest BCUT2D eigenvalue weighted by Gasteiger charge is -2.09. The van der Waals surface area contributed by atoms with Crippen molar-refractivity contribution in [1.82, 2.24) is 0 Å². The van der Waals surface area contributed by atoms with Crippen LogP contribution < -0.4 is 14.2 Å². The van der Waals surface area contributed by atoms with Crippen molar-refractivity contribution in [2.24, 2.45) is 5.92 Å². The minimum Gasteiger partial charge on any atom is -0.493 e. The molecule has 1 aliphatic heterocycles. The number of carbonyl (C=O) groups excluding carboxylic acids is 2. The standard InChI is InChI=1S/C25H26O5/c1-2-28-21-10-6-5-9-18(21)15-23-25(27)20-13-12-19(16-22(20)30-23)29-24(26)14-11-17-7-3-4-8-17/h5-6,9-10,12-13,15-17H,2-4,7-8,11,14H2,1H3. The Kier molecular flexibility index (Phi) is 6.17. The molecular formula is C25H26O5. The molecule has 0 bridgehead atoms. The normalized spacial score (nSPS) is 17.1. The smallest absolute Gasteiger partial charge is 0.311 e. The Hall–Kier alpha value is -3.08. The largest absolute Gasteiger partial charge is 0.493 e. The zero-order chi connectivity index (χ0) is 20.9. The maximum Gasteiger partial charge on any atom is 0.311 e. The molecule has 1 aliphatic carbocycles. The summed E-state index contributed by atoms with van der Waals surface area (Å²) in [6.45, 7) is 2.44. The van der Waals surface area contributed by atoms with Gasteiger partial charge in [-0.25, -0.2) is 0 Å². The van der Waals surface area contributed by atoms with Gasteiger partial charge < -0.3 is 14.2 Å². The van der Waals surface area contributed by atoms with Crippen molar-refractivity contribution in [3.05, 3.63) is 59.4 Å². The molecule has 2 aliphatic rings. The van der Waals surface area contributed by atoms with Crippen LogP contribution in [0.15, 0.2) is 48.2 Å². The molecule has 5 heteroatoms. The first-order valence-electron chi connectivity index (χ1n) is 10.6. The number of esters is 1. The van der Waals surface area contributed by atoms with Gasteiger partial charge in [0, 0.05) is 18.1 Å². The van der Waals surface area contributed by atoms with Crippen LogP contribution in [0.5, 0.6) is 17.2 Å². The van der Waals surface area contributed by atoms with Gasteiger partial charge in [0.25, 0.3) is 0 Å². The van der Waals surface area contributed by atoms with Crippen molar-refractivity contribution in [1.29, 1.82) is 0 Å². The van der Waals surface area contributed by atoms with Gasteiger partial charge >= 0.3 is 5.97 Å². The highest BCUT2D eigenvalue weighted by molar-refractivity contribution is 6.14. The summed E-state index contributed by atoms with van der Waals surface area (Å²) in [7, 11) is 0. The molecule has 0 unspecified atom stereocenters. The van der Waals surface area contributed by atoms with E-state index in [1.807, 2.05) is 31.2 Å². The van der Waals surface area contributed by atoms with E-state index in [2.05, 4.69) is 0 Å². The van der Waals surface area contributed by atoms with E-state index < -0.39 is 0 Å². The summed E-state index contributed by atoms with van der Waals surface area (Å²) < 4.78 is 16.9. The van der Waals surface area contributed by atoms with Crippen molar-refractivity contribution in [3.8, 4) is 17.2 Å². The van der Waals surface area contributed by atoms with Gasteiger partial charge in [0.05, 0.1) is 12.2 Å². The summed E-state index contributed by atoms with van der Waals surface area (Å²) in [4.78, 5) is 24.9. The molecule has 5 nitrogen and oxygen atoms in total. The minimum absolute atomic E-state index is 0.199. The van der Waals surface area contributed by atoms with E-state index in [4.69, 9.17) is 14.2 Å². The van der Waals surface area contributed by atoms with Gasteiger partial charge in [0.1, 0.15) is 17.2 Å². The molecule has 0 radical (unpaired) electrons. The first-order chi connectivity index (χ1) is 14.6. The summed E-state index contributed by atoms with van der Waals surface area (Å²) in [5, 5.41) is 0. The number of Topliss-reactive ketones (excluding diaryl/α,β-unsaturated/α-hetero) is 1. The molecule has 1 saturated carbocycles. The third-order valence-electron chi connectivity index (χ3n) is 5.61. The quantitative estimate of drug-likeness (QED) is 0.341. The molecule has 30 heavy (non-hydrogen) atoms. The van der Waals surface area contributed by atoms with Gasteiger partial charge in [-0.3, -0.25) is 9.59 Å². The zero-order valence-electron chi connectivity index (χ0n) is 17.2. The van der Waals surface area contributed by atoms with Crippen molar-refractivity contribution in [2.75, 3.05) is 6.61 Å². The van der Waals surface area contributed by atoms with Crippen LogP contribution in [0.2, 0.25) is 0 Å². The number of hydrogen-bond donors (Lipinski definition) is 0. The Labute approximate surface area is 176 Å². The average molecular weight is 406 g/mol. The Morgan fingerprint density at radius 1 is 1.17 bits per heavy atom. The number of fused-ring (bicyclic) bond motifs is 1. The highest BCUT2D eigenvalue weighted by atomic mass is 16.5. The topological polar surface area (TPSA) is 61.8 Å². The number of benzene rings is 2. The second-order valence-electron chi connectivity index (χ2n) is 7.73. The predicted octanol–water partition coefficient (Wildman–Crippen LogP) is 5.58. The molecular weight excluding hydrogens is 380 g/mol. The molecule has 1 heterocycles. The average Bonchev–Trinajstić information content (AvgIpc) is 3.36. The fourth-order valence-electron chi connectivity index (χ4n) is 4.06. The van der Waals surface area contributed by atoms with E-state index in [-0.39, 0.29) is 17.5 Å². The van der Waals surface area contributed by atoms with Crippen molar-refractivity contribution in [3.63, 3.8) is 0 Å². The van der Waals surface area contributed by atoms with Gasteiger partial charge in [0.15, 0.2) is 5.76 Å². The summed E-state index contributed by atoms with van der Waals surface area (Å²) in [5.41, 5.74) is 1.23. The number of carbonyl (C=O) groups is 2. The van der Waals surface area contributed by atoms with Crippen LogP contribution in [0.1, 0.15) is 61.4 Å². The summed E-state index contributed by atoms with van der Waals surface area (Å²) in [5.74, 6) is 1.92. The van der Waals surface area contributed by atoms with E-state index in [9.17, 15) is 9.59 Å². The molecule has 2 aromatic rings. The molecule has 1 fully saturated rings. The van der Waals surface area contributed by atoms with Crippen LogP contribution in [0.25, 0.3) is 6.08 Å². The third kappa shape index (κ3) is 4.56. The lowest BCUT2D eigenvalue weighted by molar-refractivity contribution is -0.134. The monoisotopic (exact) mass is 406 g/mol. The SMILES string of the molecule is CCOc1ccccc1C=C1Oc2cc(OC(=O)CCC3CCCC3)ccc2C1=O. The van der Waals surface area contributed by atoms with Crippen molar-refractivity contribution >= 4 is 17.8 Å². The molecule has 0 aromatic heterocycles. The van der Waals surface area contributed by atoms with Crippen LogP contribution >= 0.6 is 0 Å². The lowest BCUT2D eigenvalue weighted by atomic mass is 10.0. The first-order valence-corrected chi connectivity index (χ1v) is 10.6. The molecule has 0 amide bonds. The van der Waals surface area contributed by atoms with Crippen LogP contribution in [0.3, 0.4) is 0 Å². The van der Waals surface area contributed by atoms with Crippen LogP contribution in [0, 0.1) is 5.92 Å². The van der Waals surface area contributed by atoms with E-state index in [0.29, 0.717) is 41.8 Å². The van der Waals surface area contributed by atoms with E-state index in [0.717, 1.165) is 12.0 Å². The number of para-hydroxylation sites is 1. The zero-order valence-corrected chi connectivity index (χ0v) is 17.2. The fourth-order valence-corrected chi connectivity index (χ4v) is 4.06. The highest BCUT2D eigenvalue weighted by Crippen LogP contribution is 2.36. The van der Waals surface area contributed by atoms with Gasteiger partial charge in [-0.2, -0.15) is 0 Å². The molecule has 0 saturated heterocycles. The number of ether oxygens (including phenoxy) is 3. The summed E-state index contributed by atoms with van der Waals surface area (Å²) in [6, 6.07) is 12.4. The third-order valence-corrected chi connectivity index (χ3v) is 5.61. The molecule has 0 atom stereocenters. The van der Waals surface area contributed by atoms with E-state index in [1.54, 1.807) is 24.3 Å². The lowest BCUT2D eigenvalue weighted by Crippen LogP contribution is -2.09. The van der Waals surface area contributed by atoms with Crippen molar-refractivity contribution < 1.29 is 23.8 Å². The first kappa shape index (κ1) is 20.2. The molecule has 0 spiro atoms. The number of hydrogen-bond acceptors (Lipinski definition) is 5. The maximum atomic E-state index is 12.7.